The fraction of sp³-hybridized carbons (Fsp3) is 1.00. The van der Waals surface area contributed by atoms with Crippen LogP contribution in [-0.2, 0) is 4.74 Å². The van der Waals surface area contributed by atoms with Crippen molar-refractivity contribution in [3.05, 3.63) is 0 Å². The lowest BCUT2D eigenvalue weighted by molar-refractivity contribution is -0.101. The molecule has 3 rings (SSSR count). The quantitative estimate of drug-likeness (QED) is 0.663. The number of ether oxygens (including phenoxy) is 1. The number of fused-ring (bicyclic) bond motifs is 2. The van der Waals surface area contributed by atoms with Gasteiger partial charge in [0.05, 0.1) is 18.8 Å². The Hall–Kier alpha value is -0.120. The van der Waals surface area contributed by atoms with Gasteiger partial charge in [0.25, 0.3) is 0 Å². The van der Waals surface area contributed by atoms with Crippen molar-refractivity contribution in [2.75, 3.05) is 33.4 Å². The van der Waals surface area contributed by atoms with Crippen molar-refractivity contribution >= 4 is 0 Å². The first-order chi connectivity index (χ1) is 6.72. The Labute approximate surface area is 85.0 Å². The average Bonchev–Trinajstić information content (AvgIpc) is 2.87. The standard InChI is InChI=1S/C11H19NO2/c1-12-4-2-11(3-5-12)10(8-13)6-9(10)7-14-11/h9,13H,2-8H2,1H3. The number of aliphatic hydroxyl groups excluding tert-OH is 1. The van der Waals surface area contributed by atoms with Crippen molar-refractivity contribution in [3.63, 3.8) is 0 Å². The molecular weight excluding hydrogens is 178 g/mol. The summed E-state index contributed by atoms with van der Waals surface area (Å²) in [5.74, 6) is 0.663. The van der Waals surface area contributed by atoms with Crippen LogP contribution in [0.5, 0.6) is 0 Å². The van der Waals surface area contributed by atoms with Gasteiger partial charge in [-0.15, -0.1) is 0 Å². The third kappa shape index (κ3) is 0.930. The summed E-state index contributed by atoms with van der Waals surface area (Å²) in [7, 11) is 2.16. The van der Waals surface area contributed by atoms with Crippen LogP contribution in [-0.4, -0.2) is 49.0 Å². The minimum atomic E-state index is 0.0406. The van der Waals surface area contributed by atoms with E-state index in [1.807, 2.05) is 0 Å². The Kier molecular flexibility index (Phi) is 1.77. The molecule has 1 aliphatic carbocycles. The van der Waals surface area contributed by atoms with Crippen LogP contribution in [0.3, 0.4) is 0 Å². The second-order valence-electron chi connectivity index (χ2n) is 5.32. The fourth-order valence-electron chi connectivity index (χ4n) is 3.52. The maximum atomic E-state index is 9.56. The van der Waals surface area contributed by atoms with E-state index in [4.69, 9.17) is 4.74 Å². The molecule has 1 N–H and O–H groups in total. The van der Waals surface area contributed by atoms with Crippen molar-refractivity contribution < 1.29 is 9.84 Å². The van der Waals surface area contributed by atoms with Crippen molar-refractivity contribution in [1.82, 2.24) is 4.90 Å². The molecule has 1 spiro atoms. The molecule has 0 radical (unpaired) electrons. The molecule has 3 fully saturated rings. The molecule has 0 aromatic carbocycles. The van der Waals surface area contributed by atoms with Gasteiger partial charge < -0.3 is 14.7 Å². The van der Waals surface area contributed by atoms with Gasteiger partial charge >= 0.3 is 0 Å². The van der Waals surface area contributed by atoms with Gasteiger partial charge in [-0.1, -0.05) is 0 Å². The zero-order chi connectivity index (χ0) is 9.81. The van der Waals surface area contributed by atoms with Gasteiger partial charge in [0.2, 0.25) is 0 Å². The average molecular weight is 197 g/mol. The first kappa shape index (κ1) is 9.13. The first-order valence-corrected chi connectivity index (χ1v) is 5.66. The third-order valence-electron chi connectivity index (χ3n) is 4.78. The van der Waals surface area contributed by atoms with E-state index in [1.54, 1.807) is 0 Å². The monoisotopic (exact) mass is 197 g/mol. The van der Waals surface area contributed by atoms with E-state index in [0.717, 1.165) is 32.5 Å². The molecule has 2 unspecified atom stereocenters. The van der Waals surface area contributed by atoms with E-state index in [2.05, 4.69) is 11.9 Å². The molecule has 1 saturated carbocycles. The number of hydrogen-bond donors (Lipinski definition) is 1. The Balaban J connectivity index is 1.83. The van der Waals surface area contributed by atoms with Crippen LogP contribution in [0.1, 0.15) is 19.3 Å². The summed E-state index contributed by atoms with van der Waals surface area (Å²) in [6.45, 7) is 3.47. The summed E-state index contributed by atoms with van der Waals surface area (Å²) < 4.78 is 6.00. The van der Waals surface area contributed by atoms with Gasteiger partial charge in [-0.25, -0.2) is 0 Å². The maximum Gasteiger partial charge on any atom is 0.0788 e. The molecule has 2 heterocycles. The van der Waals surface area contributed by atoms with Crippen LogP contribution in [0, 0.1) is 11.3 Å². The first-order valence-electron chi connectivity index (χ1n) is 5.66. The highest BCUT2D eigenvalue weighted by Gasteiger charge is 2.71. The van der Waals surface area contributed by atoms with Crippen LogP contribution in [0.15, 0.2) is 0 Å². The fourth-order valence-corrected chi connectivity index (χ4v) is 3.52. The highest BCUT2D eigenvalue weighted by Crippen LogP contribution is 2.67. The van der Waals surface area contributed by atoms with Crippen LogP contribution in [0.4, 0.5) is 0 Å². The van der Waals surface area contributed by atoms with E-state index in [0.29, 0.717) is 12.5 Å². The largest absolute Gasteiger partial charge is 0.396 e. The molecule has 0 aromatic heterocycles. The summed E-state index contributed by atoms with van der Waals surface area (Å²) in [6.07, 6.45) is 3.42. The lowest BCUT2D eigenvalue weighted by atomic mass is 9.77. The van der Waals surface area contributed by atoms with Crippen LogP contribution in [0.25, 0.3) is 0 Å². The number of piperidine rings is 1. The third-order valence-corrected chi connectivity index (χ3v) is 4.78. The van der Waals surface area contributed by atoms with Crippen molar-refractivity contribution in [3.8, 4) is 0 Å². The zero-order valence-corrected chi connectivity index (χ0v) is 8.83. The number of rotatable bonds is 1. The van der Waals surface area contributed by atoms with Crippen molar-refractivity contribution in [2.45, 2.75) is 24.9 Å². The summed E-state index contributed by atoms with van der Waals surface area (Å²) in [5, 5.41) is 9.56. The predicted molar refractivity (Wildman–Crippen MR) is 53.0 cm³/mol. The van der Waals surface area contributed by atoms with Gasteiger partial charge in [-0.05, 0) is 32.2 Å². The van der Waals surface area contributed by atoms with Crippen molar-refractivity contribution in [2.24, 2.45) is 11.3 Å². The molecule has 2 saturated heterocycles. The van der Waals surface area contributed by atoms with E-state index >= 15 is 0 Å². The van der Waals surface area contributed by atoms with Gasteiger partial charge in [-0.2, -0.15) is 0 Å². The maximum absolute atomic E-state index is 9.56. The van der Waals surface area contributed by atoms with E-state index < -0.39 is 0 Å². The molecule has 2 aliphatic heterocycles. The molecule has 3 aliphatic rings. The van der Waals surface area contributed by atoms with E-state index in [9.17, 15) is 5.11 Å². The van der Waals surface area contributed by atoms with Gasteiger partial charge in [0.1, 0.15) is 0 Å². The Morgan fingerprint density at radius 1 is 1.43 bits per heavy atom. The second kappa shape index (κ2) is 2.71. The number of nitrogens with zero attached hydrogens (tertiary/aromatic N) is 1. The molecule has 80 valence electrons. The molecule has 0 amide bonds. The normalized spacial score (nSPS) is 45.4. The van der Waals surface area contributed by atoms with Crippen LogP contribution >= 0.6 is 0 Å². The molecule has 0 aromatic rings. The minimum Gasteiger partial charge on any atom is -0.396 e. The Morgan fingerprint density at radius 3 is 2.71 bits per heavy atom. The molecular formula is C11H19NO2. The van der Waals surface area contributed by atoms with Gasteiger partial charge in [0.15, 0.2) is 0 Å². The highest BCUT2D eigenvalue weighted by molar-refractivity contribution is 5.19. The summed E-state index contributed by atoms with van der Waals surface area (Å²) in [5.41, 5.74) is 0.202. The Morgan fingerprint density at radius 2 is 2.14 bits per heavy atom. The summed E-state index contributed by atoms with van der Waals surface area (Å²) in [6, 6.07) is 0. The Bertz CT molecular complexity index is 244. The number of likely N-dealkylation sites (tertiary alicyclic amines) is 1. The predicted octanol–water partition coefficient (Wildman–Crippen LogP) is 0.480. The highest BCUT2D eigenvalue weighted by atomic mass is 16.5. The lowest BCUT2D eigenvalue weighted by Gasteiger charge is -2.43. The molecule has 0 bridgehead atoms. The van der Waals surface area contributed by atoms with E-state index in [1.165, 1.54) is 6.42 Å². The number of aliphatic hydroxyl groups is 1. The van der Waals surface area contributed by atoms with Crippen molar-refractivity contribution in [1.29, 1.82) is 0 Å². The van der Waals surface area contributed by atoms with Crippen LogP contribution < -0.4 is 0 Å². The number of hydrogen-bond acceptors (Lipinski definition) is 3. The smallest absolute Gasteiger partial charge is 0.0788 e. The van der Waals surface area contributed by atoms with Gasteiger partial charge in [-0.3, -0.25) is 0 Å². The van der Waals surface area contributed by atoms with Crippen LogP contribution in [0.2, 0.25) is 0 Å². The SMILES string of the molecule is CN1CCC2(CC1)OCC1CC12CO. The molecule has 14 heavy (non-hydrogen) atoms. The minimum absolute atomic E-state index is 0.0406. The molecule has 3 nitrogen and oxygen atoms in total. The molecule has 2 atom stereocenters. The lowest BCUT2D eigenvalue weighted by Crippen LogP contribution is -2.50. The summed E-state index contributed by atoms with van der Waals surface area (Å²) in [4.78, 5) is 2.36. The zero-order valence-electron chi connectivity index (χ0n) is 8.83. The summed E-state index contributed by atoms with van der Waals surface area (Å²) >= 11 is 0. The second-order valence-corrected chi connectivity index (χ2v) is 5.32. The molecule has 3 heteroatoms. The van der Waals surface area contributed by atoms with Gasteiger partial charge in [0, 0.05) is 18.5 Å². The van der Waals surface area contributed by atoms with E-state index in [-0.39, 0.29) is 11.0 Å². The topological polar surface area (TPSA) is 32.7 Å².